The van der Waals surface area contributed by atoms with Crippen molar-refractivity contribution < 1.29 is 0 Å². The topological polar surface area (TPSA) is 0 Å². The van der Waals surface area contributed by atoms with Crippen LogP contribution in [0.1, 0.15) is 11.1 Å². The van der Waals surface area contributed by atoms with Gasteiger partial charge in [-0.2, -0.15) is 0 Å². The molecule has 0 atom stereocenters. The lowest BCUT2D eigenvalue weighted by atomic mass is 9.99. The number of rotatable bonds is 3. The number of thiophene rings is 1. The highest BCUT2D eigenvalue weighted by atomic mass is 32.1. The largest absolute Gasteiger partial charge is 0.135 e. The second-order valence-corrected chi connectivity index (χ2v) is 7.75. The fraction of sp³-hybridized carbons (Fsp3) is 0.0400. The summed E-state index contributed by atoms with van der Waals surface area (Å²) in [5, 5.41) is 2.75. The molecule has 0 spiro atoms. The van der Waals surface area contributed by atoms with E-state index in [4.69, 9.17) is 0 Å². The second-order valence-electron chi connectivity index (χ2n) is 6.67. The van der Waals surface area contributed by atoms with E-state index < -0.39 is 0 Å². The summed E-state index contributed by atoms with van der Waals surface area (Å²) in [5.41, 5.74) is 5.26. The fourth-order valence-electron chi connectivity index (χ4n) is 3.56. The lowest BCUT2D eigenvalue weighted by molar-refractivity contribution is 1.20. The van der Waals surface area contributed by atoms with Gasteiger partial charge in [-0.1, -0.05) is 78.9 Å². The van der Waals surface area contributed by atoms with Gasteiger partial charge in [-0.15, -0.1) is 11.3 Å². The predicted molar refractivity (Wildman–Crippen MR) is 114 cm³/mol. The molecule has 0 amide bonds. The van der Waals surface area contributed by atoms with E-state index in [0.717, 1.165) is 6.42 Å². The van der Waals surface area contributed by atoms with Crippen molar-refractivity contribution in [1.29, 1.82) is 0 Å². The van der Waals surface area contributed by atoms with Crippen molar-refractivity contribution in [3.63, 3.8) is 0 Å². The van der Waals surface area contributed by atoms with E-state index in [1.54, 1.807) is 0 Å². The molecular weight excluding hydrogens is 332 g/mol. The van der Waals surface area contributed by atoms with E-state index in [2.05, 4.69) is 97.1 Å². The predicted octanol–water partition coefficient (Wildman–Crippen LogP) is 7.31. The van der Waals surface area contributed by atoms with E-state index in [1.807, 2.05) is 11.3 Å². The van der Waals surface area contributed by atoms with Gasteiger partial charge in [0.25, 0.3) is 0 Å². The van der Waals surface area contributed by atoms with Crippen LogP contribution in [0.5, 0.6) is 0 Å². The Bertz CT molecular complexity index is 1180. The van der Waals surface area contributed by atoms with E-state index in [1.165, 1.54) is 42.4 Å². The van der Waals surface area contributed by atoms with Crippen LogP contribution in [0.2, 0.25) is 0 Å². The first kappa shape index (κ1) is 15.4. The van der Waals surface area contributed by atoms with Gasteiger partial charge in [0, 0.05) is 20.2 Å². The lowest BCUT2D eigenvalue weighted by Gasteiger charge is -2.06. The van der Waals surface area contributed by atoms with Crippen LogP contribution in [0.4, 0.5) is 0 Å². The molecule has 0 N–H and O–H groups in total. The highest BCUT2D eigenvalue weighted by Gasteiger charge is 2.06. The van der Waals surface area contributed by atoms with Gasteiger partial charge in [0.05, 0.1) is 0 Å². The SMILES string of the molecule is c1ccc(-c2ccc(Cc3ccc4sc5ccccc5c4c3)cc2)cc1. The zero-order chi connectivity index (χ0) is 17.3. The molecule has 0 nitrogen and oxygen atoms in total. The first-order valence-corrected chi connectivity index (χ1v) is 9.73. The molecule has 0 unspecified atom stereocenters. The first-order chi connectivity index (χ1) is 12.9. The summed E-state index contributed by atoms with van der Waals surface area (Å²) in [7, 11) is 0. The van der Waals surface area contributed by atoms with Gasteiger partial charge in [0.2, 0.25) is 0 Å². The highest BCUT2D eigenvalue weighted by molar-refractivity contribution is 7.25. The van der Waals surface area contributed by atoms with Crippen LogP contribution in [0.15, 0.2) is 97.1 Å². The third kappa shape index (κ3) is 2.81. The van der Waals surface area contributed by atoms with Gasteiger partial charge in [0.15, 0.2) is 0 Å². The summed E-state index contributed by atoms with van der Waals surface area (Å²) in [6.45, 7) is 0. The van der Waals surface area contributed by atoms with Crippen molar-refractivity contribution in [3.05, 3.63) is 108 Å². The Morgan fingerprint density at radius 2 is 1.15 bits per heavy atom. The molecule has 1 heterocycles. The molecule has 26 heavy (non-hydrogen) atoms. The van der Waals surface area contributed by atoms with Crippen LogP contribution < -0.4 is 0 Å². The summed E-state index contributed by atoms with van der Waals surface area (Å²) in [5.74, 6) is 0. The van der Waals surface area contributed by atoms with Crippen LogP contribution in [0.3, 0.4) is 0 Å². The highest BCUT2D eigenvalue weighted by Crippen LogP contribution is 2.34. The summed E-state index contributed by atoms with van der Waals surface area (Å²) >= 11 is 1.88. The quantitative estimate of drug-likeness (QED) is 0.320. The number of hydrogen-bond acceptors (Lipinski definition) is 1. The molecule has 124 valence electrons. The molecule has 0 bridgehead atoms. The Balaban J connectivity index is 1.46. The number of benzene rings is 4. The maximum atomic E-state index is 2.36. The van der Waals surface area contributed by atoms with E-state index in [0.29, 0.717) is 0 Å². The standard InChI is InChI=1S/C25H18S/c1-2-6-20(7-3-1)21-13-10-18(11-14-21)16-19-12-15-25-23(17-19)22-8-4-5-9-24(22)26-25/h1-15,17H,16H2. The van der Waals surface area contributed by atoms with Crippen LogP contribution in [0.25, 0.3) is 31.3 Å². The van der Waals surface area contributed by atoms with Gasteiger partial charge in [-0.25, -0.2) is 0 Å². The van der Waals surface area contributed by atoms with Gasteiger partial charge >= 0.3 is 0 Å². The first-order valence-electron chi connectivity index (χ1n) is 8.91. The third-order valence-corrected chi connectivity index (χ3v) is 6.06. The minimum atomic E-state index is 0.967. The van der Waals surface area contributed by atoms with Crippen molar-refractivity contribution in [3.8, 4) is 11.1 Å². The monoisotopic (exact) mass is 350 g/mol. The molecule has 0 fully saturated rings. The average Bonchev–Trinajstić information content (AvgIpc) is 3.07. The van der Waals surface area contributed by atoms with Gasteiger partial charge in [-0.05, 0) is 46.9 Å². The molecule has 1 heteroatoms. The van der Waals surface area contributed by atoms with Gasteiger partial charge in [0.1, 0.15) is 0 Å². The molecule has 0 aliphatic heterocycles. The summed E-state index contributed by atoms with van der Waals surface area (Å²) < 4.78 is 2.74. The maximum Gasteiger partial charge on any atom is 0.0355 e. The van der Waals surface area contributed by atoms with Gasteiger partial charge in [-0.3, -0.25) is 0 Å². The Labute approximate surface area is 157 Å². The van der Waals surface area contributed by atoms with Crippen LogP contribution in [-0.2, 0) is 6.42 Å². The third-order valence-electron chi connectivity index (χ3n) is 4.91. The van der Waals surface area contributed by atoms with Crippen molar-refractivity contribution in [1.82, 2.24) is 0 Å². The molecule has 0 radical (unpaired) electrons. The molecule has 5 aromatic rings. The average molecular weight is 350 g/mol. The van der Waals surface area contributed by atoms with E-state index in [-0.39, 0.29) is 0 Å². The van der Waals surface area contributed by atoms with Gasteiger partial charge < -0.3 is 0 Å². The Morgan fingerprint density at radius 3 is 2.00 bits per heavy atom. The van der Waals surface area contributed by atoms with Crippen LogP contribution >= 0.6 is 11.3 Å². The van der Waals surface area contributed by atoms with Crippen molar-refractivity contribution in [2.24, 2.45) is 0 Å². The molecule has 4 aromatic carbocycles. The molecule has 1 aromatic heterocycles. The molecule has 0 aliphatic rings. The maximum absolute atomic E-state index is 2.36. The Morgan fingerprint density at radius 1 is 0.500 bits per heavy atom. The Hall–Kier alpha value is -2.90. The zero-order valence-electron chi connectivity index (χ0n) is 14.4. The van der Waals surface area contributed by atoms with Crippen LogP contribution in [0, 0.1) is 0 Å². The number of fused-ring (bicyclic) bond motifs is 3. The van der Waals surface area contributed by atoms with Crippen molar-refractivity contribution in [2.75, 3.05) is 0 Å². The molecule has 0 aliphatic carbocycles. The summed E-state index contributed by atoms with van der Waals surface area (Å²) in [6, 6.07) is 35.1. The van der Waals surface area contributed by atoms with Crippen molar-refractivity contribution in [2.45, 2.75) is 6.42 Å². The Kier molecular flexibility index (Phi) is 3.80. The van der Waals surface area contributed by atoms with E-state index >= 15 is 0 Å². The smallest absolute Gasteiger partial charge is 0.0355 e. The number of hydrogen-bond donors (Lipinski definition) is 0. The normalized spacial score (nSPS) is 11.2. The lowest BCUT2D eigenvalue weighted by Crippen LogP contribution is -1.88. The molecule has 0 saturated carbocycles. The molecule has 0 saturated heterocycles. The zero-order valence-corrected chi connectivity index (χ0v) is 15.2. The van der Waals surface area contributed by atoms with E-state index in [9.17, 15) is 0 Å². The van der Waals surface area contributed by atoms with Crippen molar-refractivity contribution >= 4 is 31.5 Å². The second kappa shape index (κ2) is 6.44. The minimum absolute atomic E-state index is 0.967. The summed E-state index contributed by atoms with van der Waals surface area (Å²) in [6.07, 6.45) is 0.967. The fourth-order valence-corrected chi connectivity index (χ4v) is 4.65. The minimum Gasteiger partial charge on any atom is -0.135 e. The van der Waals surface area contributed by atoms with Crippen LogP contribution in [-0.4, -0.2) is 0 Å². The summed E-state index contributed by atoms with van der Waals surface area (Å²) in [4.78, 5) is 0. The molecule has 5 rings (SSSR count). The molecular formula is C25H18S.